The number of rotatable bonds is 4. The van der Waals surface area contributed by atoms with Gasteiger partial charge in [-0.1, -0.05) is 19.1 Å². The molecule has 3 heteroatoms. The molecule has 0 heterocycles. The van der Waals surface area contributed by atoms with Gasteiger partial charge in [0.05, 0.1) is 12.2 Å². The van der Waals surface area contributed by atoms with Crippen LogP contribution in [0, 0.1) is 0 Å². The van der Waals surface area contributed by atoms with Gasteiger partial charge in [0, 0.05) is 11.5 Å². The number of hydrogen-bond donors (Lipinski definition) is 1. The van der Waals surface area contributed by atoms with Crippen LogP contribution >= 0.6 is 0 Å². The van der Waals surface area contributed by atoms with Gasteiger partial charge >= 0.3 is 5.97 Å². The van der Waals surface area contributed by atoms with Crippen LogP contribution in [0.4, 0.5) is 0 Å². The van der Waals surface area contributed by atoms with Crippen LogP contribution in [0.5, 0.6) is 5.75 Å². The number of benzene rings is 1. The van der Waals surface area contributed by atoms with Crippen LogP contribution in [0.25, 0.3) is 0 Å². The fourth-order valence-electron chi connectivity index (χ4n) is 1.51. The van der Waals surface area contributed by atoms with E-state index in [0.29, 0.717) is 17.7 Å². The highest BCUT2D eigenvalue weighted by Crippen LogP contribution is 2.30. The number of hydrogen-bond acceptors (Lipinski definition) is 3. The summed E-state index contributed by atoms with van der Waals surface area (Å²) in [5.74, 6) is -0.194. The lowest BCUT2D eigenvalue weighted by Gasteiger charge is -2.14. The molecule has 1 unspecified atom stereocenters. The van der Waals surface area contributed by atoms with Crippen molar-refractivity contribution in [2.45, 2.75) is 26.7 Å². The average molecular weight is 234 g/mol. The van der Waals surface area contributed by atoms with E-state index in [1.807, 2.05) is 13.8 Å². The molecule has 0 aliphatic carbocycles. The maximum absolute atomic E-state index is 11.6. The third-order valence-corrected chi connectivity index (χ3v) is 2.74. The zero-order chi connectivity index (χ0) is 13.0. The van der Waals surface area contributed by atoms with E-state index in [1.165, 1.54) is 6.07 Å². The van der Waals surface area contributed by atoms with Gasteiger partial charge in [-0.3, -0.25) is 0 Å². The molecule has 0 aliphatic heterocycles. The maximum Gasteiger partial charge on any atom is 0.338 e. The number of ether oxygens (including phenoxy) is 1. The molecule has 1 aromatic carbocycles. The summed E-state index contributed by atoms with van der Waals surface area (Å²) in [6, 6.07) is 4.73. The summed E-state index contributed by atoms with van der Waals surface area (Å²) in [7, 11) is 0. The predicted molar refractivity (Wildman–Crippen MR) is 67.3 cm³/mol. The van der Waals surface area contributed by atoms with Gasteiger partial charge in [0.15, 0.2) is 0 Å². The summed E-state index contributed by atoms with van der Waals surface area (Å²) in [6.07, 6.45) is 0. The Morgan fingerprint density at radius 3 is 2.71 bits per heavy atom. The Kier molecular flexibility index (Phi) is 4.32. The summed E-state index contributed by atoms with van der Waals surface area (Å²) in [5, 5.41) is 9.77. The summed E-state index contributed by atoms with van der Waals surface area (Å²) in [6.45, 7) is 9.78. The van der Waals surface area contributed by atoms with Crippen LogP contribution in [-0.4, -0.2) is 17.7 Å². The standard InChI is InChI=1S/C14H18O3/c1-5-17-14(16)11-6-7-13(15)12(8-11)10(4)9(2)3/h6-8,10,15H,2,5H2,1,3-4H3. The van der Waals surface area contributed by atoms with E-state index in [1.54, 1.807) is 19.1 Å². The van der Waals surface area contributed by atoms with E-state index in [9.17, 15) is 9.90 Å². The normalized spacial score (nSPS) is 11.9. The molecule has 0 radical (unpaired) electrons. The summed E-state index contributed by atoms with van der Waals surface area (Å²) < 4.78 is 4.92. The van der Waals surface area contributed by atoms with Gasteiger partial charge in [-0.05, 0) is 32.0 Å². The van der Waals surface area contributed by atoms with E-state index >= 15 is 0 Å². The van der Waals surface area contributed by atoms with Crippen molar-refractivity contribution >= 4 is 5.97 Å². The number of phenolic OH excluding ortho intramolecular Hbond substituents is 1. The van der Waals surface area contributed by atoms with Crippen molar-refractivity contribution in [3.05, 3.63) is 41.5 Å². The third-order valence-electron chi connectivity index (χ3n) is 2.74. The Morgan fingerprint density at radius 1 is 1.53 bits per heavy atom. The molecule has 0 saturated carbocycles. The van der Waals surface area contributed by atoms with Crippen molar-refractivity contribution in [2.75, 3.05) is 6.61 Å². The molecule has 3 nitrogen and oxygen atoms in total. The van der Waals surface area contributed by atoms with Crippen LogP contribution in [0.3, 0.4) is 0 Å². The zero-order valence-corrected chi connectivity index (χ0v) is 10.5. The maximum atomic E-state index is 11.6. The van der Waals surface area contributed by atoms with E-state index in [4.69, 9.17) is 4.74 Å². The van der Waals surface area contributed by atoms with E-state index < -0.39 is 0 Å². The number of carbonyl (C=O) groups excluding carboxylic acids is 1. The first-order valence-electron chi connectivity index (χ1n) is 5.62. The molecule has 17 heavy (non-hydrogen) atoms. The fraction of sp³-hybridized carbons (Fsp3) is 0.357. The SMILES string of the molecule is C=C(C)C(C)c1cc(C(=O)OCC)ccc1O. The molecule has 1 rings (SSSR count). The van der Waals surface area contributed by atoms with Gasteiger partial charge in [-0.2, -0.15) is 0 Å². The fourth-order valence-corrected chi connectivity index (χ4v) is 1.51. The lowest BCUT2D eigenvalue weighted by Crippen LogP contribution is -2.06. The molecule has 0 fully saturated rings. The van der Waals surface area contributed by atoms with Crippen LogP contribution in [-0.2, 0) is 4.74 Å². The molecule has 0 spiro atoms. The van der Waals surface area contributed by atoms with Gasteiger partial charge in [-0.15, -0.1) is 0 Å². The van der Waals surface area contributed by atoms with Crippen LogP contribution < -0.4 is 0 Å². The van der Waals surface area contributed by atoms with Crippen molar-refractivity contribution < 1.29 is 14.6 Å². The minimum atomic E-state index is -0.373. The second-order valence-corrected chi connectivity index (χ2v) is 4.06. The zero-order valence-electron chi connectivity index (χ0n) is 10.5. The van der Waals surface area contributed by atoms with Crippen molar-refractivity contribution in [3.63, 3.8) is 0 Å². The molecule has 0 aromatic heterocycles. The summed E-state index contributed by atoms with van der Waals surface area (Å²) >= 11 is 0. The van der Waals surface area contributed by atoms with Gasteiger partial charge in [0.2, 0.25) is 0 Å². The first kappa shape index (κ1) is 13.3. The topological polar surface area (TPSA) is 46.5 Å². The quantitative estimate of drug-likeness (QED) is 0.642. The molecule has 1 N–H and O–H groups in total. The van der Waals surface area contributed by atoms with Crippen LogP contribution in [0.2, 0.25) is 0 Å². The van der Waals surface area contributed by atoms with Crippen molar-refractivity contribution in [3.8, 4) is 5.75 Å². The number of phenols is 1. The molecule has 0 amide bonds. The number of allylic oxidation sites excluding steroid dienone is 1. The smallest absolute Gasteiger partial charge is 0.338 e. The molecule has 92 valence electrons. The Morgan fingerprint density at radius 2 is 2.18 bits per heavy atom. The lowest BCUT2D eigenvalue weighted by atomic mass is 9.93. The second kappa shape index (κ2) is 5.53. The number of esters is 1. The summed E-state index contributed by atoms with van der Waals surface area (Å²) in [5.41, 5.74) is 2.08. The first-order valence-corrected chi connectivity index (χ1v) is 5.62. The van der Waals surface area contributed by atoms with Gasteiger partial charge < -0.3 is 9.84 Å². The Labute approximate surface area is 102 Å². The second-order valence-electron chi connectivity index (χ2n) is 4.06. The number of carbonyl (C=O) groups is 1. The molecular weight excluding hydrogens is 216 g/mol. The van der Waals surface area contributed by atoms with E-state index in [-0.39, 0.29) is 17.6 Å². The molecule has 1 aromatic rings. The van der Waals surface area contributed by atoms with E-state index in [2.05, 4.69) is 6.58 Å². The average Bonchev–Trinajstić information content (AvgIpc) is 2.28. The monoisotopic (exact) mass is 234 g/mol. The van der Waals surface area contributed by atoms with E-state index in [0.717, 1.165) is 5.57 Å². The largest absolute Gasteiger partial charge is 0.508 e. The van der Waals surface area contributed by atoms with Gasteiger partial charge in [0.25, 0.3) is 0 Å². The highest BCUT2D eigenvalue weighted by atomic mass is 16.5. The van der Waals surface area contributed by atoms with Crippen LogP contribution in [0.15, 0.2) is 30.4 Å². The molecule has 0 aliphatic rings. The third kappa shape index (κ3) is 3.09. The lowest BCUT2D eigenvalue weighted by molar-refractivity contribution is 0.0526. The predicted octanol–water partition coefficient (Wildman–Crippen LogP) is 3.25. The van der Waals surface area contributed by atoms with Gasteiger partial charge in [-0.25, -0.2) is 4.79 Å². The molecule has 1 atom stereocenters. The Hall–Kier alpha value is -1.77. The minimum Gasteiger partial charge on any atom is -0.508 e. The minimum absolute atomic E-state index is 0.00405. The van der Waals surface area contributed by atoms with Crippen LogP contribution in [0.1, 0.15) is 42.6 Å². The molecule has 0 saturated heterocycles. The highest BCUT2D eigenvalue weighted by molar-refractivity contribution is 5.90. The van der Waals surface area contributed by atoms with Crippen molar-refractivity contribution in [2.24, 2.45) is 0 Å². The molecule has 0 bridgehead atoms. The van der Waals surface area contributed by atoms with Crippen molar-refractivity contribution in [1.82, 2.24) is 0 Å². The first-order chi connectivity index (χ1) is 7.97. The highest BCUT2D eigenvalue weighted by Gasteiger charge is 2.15. The van der Waals surface area contributed by atoms with Gasteiger partial charge in [0.1, 0.15) is 5.75 Å². The summed E-state index contributed by atoms with van der Waals surface area (Å²) in [4.78, 5) is 11.6. The Bertz CT molecular complexity index is 435. The number of aromatic hydroxyl groups is 1. The van der Waals surface area contributed by atoms with Crippen molar-refractivity contribution in [1.29, 1.82) is 0 Å². The Balaban J connectivity index is 3.10. The molecular formula is C14H18O3.